The smallest absolute Gasteiger partial charge is 0.291 e. The molecule has 0 spiro atoms. The third-order valence-electron chi connectivity index (χ3n) is 3.11. The molecule has 1 saturated carbocycles. The van der Waals surface area contributed by atoms with Gasteiger partial charge in [-0.3, -0.25) is 9.59 Å². The fraction of sp³-hybridized carbons (Fsp3) is 0.200. The van der Waals surface area contributed by atoms with Crippen molar-refractivity contribution in [3.05, 3.63) is 52.9 Å². The third-order valence-corrected chi connectivity index (χ3v) is 3.32. The largest absolute Gasteiger partial charge is 0.440 e. The van der Waals surface area contributed by atoms with Gasteiger partial charge in [0.15, 0.2) is 11.0 Å². The summed E-state index contributed by atoms with van der Waals surface area (Å²) < 4.78 is 5.02. The molecule has 1 aliphatic carbocycles. The molecule has 0 saturated heterocycles. The van der Waals surface area contributed by atoms with Crippen molar-refractivity contribution in [3.63, 3.8) is 0 Å². The Morgan fingerprint density at radius 1 is 1.05 bits per heavy atom. The maximum absolute atomic E-state index is 11.9. The lowest BCUT2D eigenvalue weighted by molar-refractivity contribution is 0.0950. The van der Waals surface area contributed by atoms with Crippen molar-refractivity contribution in [2.75, 3.05) is 5.32 Å². The van der Waals surface area contributed by atoms with Gasteiger partial charge in [0.2, 0.25) is 0 Å². The quantitative estimate of drug-likeness (QED) is 0.912. The Morgan fingerprint density at radius 2 is 1.76 bits per heavy atom. The molecular formula is C15H13ClN2O3. The highest BCUT2D eigenvalue weighted by Gasteiger charge is 2.23. The standard InChI is InChI=1S/C15H13ClN2O3/c16-13-8-7-12(21-13)15(20)18-10-3-1-9(2-4-10)14(19)17-11-5-6-11/h1-4,7-8,11H,5-6H2,(H,17,19)(H,18,20). The van der Waals surface area contributed by atoms with Crippen LogP contribution in [0, 0.1) is 0 Å². The molecule has 2 N–H and O–H groups in total. The molecule has 1 heterocycles. The van der Waals surface area contributed by atoms with Crippen LogP contribution in [0.4, 0.5) is 5.69 Å². The number of hydrogen-bond acceptors (Lipinski definition) is 3. The molecule has 0 aliphatic heterocycles. The maximum Gasteiger partial charge on any atom is 0.291 e. The number of anilines is 1. The topological polar surface area (TPSA) is 71.3 Å². The lowest BCUT2D eigenvalue weighted by Crippen LogP contribution is -2.25. The molecule has 21 heavy (non-hydrogen) atoms. The van der Waals surface area contributed by atoms with E-state index >= 15 is 0 Å². The molecule has 1 fully saturated rings. The van der Waals surface area contributed by atoms with E-state index in [4.69, 9.17) is 16.0 Å². The number of nitrogens with one attached hydrogen (secondary N) is 2. The van der Waals surface area contributed by atoms with Crippen LogP contribution in [-0.4, -0.2) is 17.9 Å². The second kappa shape index (κ2) is 5.61. The Hall–Kier alpha value is -2.27. The predicted octanol–water partition coefficient (Wildman–Crippen LogP) is 3.08. The van der Waals surface area contributed by atoms with Gasteiger partial charge in [-0.15, -0.1) is 0 Å². The molecule has 3 rings (SSSR count). The highest BCUT2D eigenvalue weighted by molar-refractivity contribution is 6.29. The summed E-state index contributed by atoms with van der Waals surface area (Å²) in [6.07, 6.45) is 2.09. The van der Waals surface area contributed by atoms with Gasteiger partial charge >= 0.3 is 0 Å². The number of halogens is 1. The first kappa shape index (κ1) is 13.7. The molecule has 2 aromatic rings. The summed E-state index contributed by atoms with van der Waals surface area (Å²) in [5.41, 5.74) is 1.15. The van der Waals surface area contributed by atoms with E-state index in [2.05, 4.69) is 10.6 Å². The van der Waals surface area contributed by atoms with Crippen molar-refractivity contribution < 1.29 is 14.0 Å². The second-order valence-electron chi connectivity index (χ2n) is 4.88. The predicted molar refractivity (Wildman–Crippen MR) is 78.6 cm³/mol. The summed E-state index contributed by atoms with van der Waals surface area (Å²) in [6, 6.07) is 10.00. The van der Waals surface area contributed by atoms with E-state index in [0.29, 0.717) is 17.3 Å². The molecule has 1 aromatic heterocycles. The number of rotatable bonds is 4. The molecule has 1 aliphatic rings. The Bertz CT molecular complexity index is 674. The number of amides is 2. The van der Waals surface area contributed by atoms with Crippen LogP contribution in [-0.2, 0) is 0 Å². The number of furan rings is 1. The molecule has 0 atom stereocenters. The van der Waals surface area contributed by atoms with Crippen LogP contribution in [0.5, 0.6) is 0 Å². The minimum Gasteiger partial charge on any atom is -0.440 e. The fourth-order valence-corrected chi connectivity index (χ4v) is 1.98. The first-order valence-electron chi connectivity index (χ1n) is 6.59. The minimum atomic E-state index is -0.392. The number of carbonyl (C=O) groups is 2. The highest BCUT2D eigenvalue weighted by Crippen LogP contribution is 2.20. The normalized spacial score (nSPS) is 13.8. The number of benzene rings is 1. The van der Waals surface area contributed by atoms with E-state index in [9.17, 15) is 9.59 Å². The van der Waals surface area contributed by atoms with Gasteiger partial charge in [0.05, 0.1) is 0 Å². The van der Waals surface area contributed by atoms with Crippen molar-refractivity contribution in [3.8, 4) is 0 Å². The van der Waals surface area contributed by atoms with Crippen LogP contribution in [0.1, 0.15) is 33.8 Å². The van der Waals surface area contributed by atoms with E-state index in [1.807, 2.05) is 0 Å². The van der Waals surface area contributed by atoms with E-state index < -0.39 is 5.91 Å². The zero-order valence-corrected chi connectivity index (χ0v) is 11.8. The SMILES string of the molecule is O=C(NC1CC1)c1ccc(NC(=O)c2ccc(Cl)o2)cc1. The van der Waals surface area contributed by atoms with Gasteiger partial charge < -0.3 is 15.1 Å². The summed E-state index contributed by atoms with van der Waals surface area (Å²) in [5.74, 6) is -0.346. The van der Waals surface area contributed by atoms with Gasteiger partial charge in [0.25, 0.3) is 11.8 Å². The van der Waals surface area contributed by atoms with Gasteiger partial charge in [-0.05, 0) is 60.8 Å². The molecule has 0 bridgehead atoms. The lowest BCUT2D eigenvalue weighted by Gasteiger charge is -2.06. The summed E-state index contributed by atoms with van der Waals surface area (Å²) in [4.78, 5) is 23.7. The van der Waals surface area contributed by atoms with Gasteiger partial charge in [-0.2, -0.15) is 0 Å². The lowest BCUT2D eigenvalue weighted by atomic mass is 10.2. The summed E-state index contributed by atoms with van der Waals surface area (Å²) in [6.45, 7) is 0. The maximum atomic E-state index is 11.9. The Labute approximate surface area is 126 Å². The molecule has 5 nitrogen and oxygen atoms in total. The van der Waals surface area contributed by atoms with Crippen LogP contribution in [0.15, 0.2) is 40.8 Å². The minimum absolute atomic E-state index is 0.0896. The van der Waals surface area contributed by atoms with Gasteiger partial charge in [0, 0.05) is 17.3 Å². The Morgan fingerprint density at radius 3 is 2.33 bits per heavy atom. The summed E-state index contributed by atoms with van der Waals surface area (Å²) in [5, 5.41) is 5.73. The first-order valence-corrected chi connectivity index (χ1v) is 6.97. The zero-order chi connectivity index (χ0) is 14.8. The average molecular weight is 305 g/mol. The van der Waals surface area contributed by atoms with Crippen molar-refractivity contribution in [1.82, 2.24) is 5.32 Å². The van der Waals surface area contributed by atoms with Crippen molar-refractivity contribution in [2.24, 2.45) is 0 Å². The molecule has 108 valence electrons. The Kier molecular flexibility index (Phi) is 3.66. The van der Waals surface area contributed by atoms with Gasteiger partial charge in [-0.25, -0.2) is 0 Å². The fourth-order valence-electron chi connectivity index (χ4n) is 1.83. The number of hydrogen-bond donors (Lipinski definition) is 2. The Balaban J connectivity index is 1.63. The van der Waals surface area contributed by atoms with Crippen LogP contribution < -0.4 is 10.6 Å². The first-order chi connectivity index (χ1) is 10.1. The van der Waals surface area contributed by atoms with E-state index in [0.717, 1.165) is 12.8 Å². The summed E-state index contributed by atoms with van der Waals surface area (Å²) in [7, 11) is 0. The van der Waals surface area contributed by atoms with Gasteiger partial charge in [0.1, 0.15) is 0 Å². The summed E-state index contributed by atoms with van der Waals surface area (Å²) >= 11 is 5.62. The van der Waals surface area contributed by atoms with Crippen molar-refractivity contribution in [2.45, 2.75) is 18.9 Å². The molecular weight excluding hydrogens is 292 g/mol. The average Bonchev–Trinajstić information content (AvgIpc) is 3.17. The van der Waals surface area contributed by atoms with Crippen LogP contribution in [0.25, 0.3) is 0 Å². The molecule has 0 unspecified atom stereocenters. The van der Waals surface area contributed by atoms with Crippen molar-refractivity contribution in [1.29, 1.82) is 0 Å². The van der Waals surface area contributed by atoms with E-state index in [1.54, 1.807) is 24.3 Å². The molecule has 1 aromatic carbocycles. The molecule has 0 radical (unpaired) electrons. The molecule has 6 heteroatoms. The van der Waals surface area contributed by atoms with Crippen LogP contribution >= 0.6 is 11.6 Å². The highest BCUT2D eigenvalue weighted by atomic mass is 35.5. The third kappa shape index (κ3) is 3.44. The van der Waals surface area contributed by atoms with Crippen LogP contribution in [0.2, 0.25) is 5.22 Å². The van der Waals surface area contributed by atoms with Crippen LogP contribution in [0.3, 0.4) is 0 Å². The monoisotopic (exact) mass is 304 g/mol. The van der Waals surface area contributed by atoms with Gasteiger partial charge in [-0.1, -0.05) is 0 Å². The number of carbonyl (C=O) groups excluding carboxylic acids is 2. The second-order valence-corrected chi connectivity index (χ2v) is 5.26. The van der Waals surface area contributed by atoms with Crippen molar-refractivity contribution >= 4 is 29.1 Å². The van der Waals surface area contributed by atoms with E-state index in [-0.39, 0.29) is 16.9 Å². The molecule has 2 amide bonds. The zero-order valence-electron chi connectivity index (χ0n) is 11.1. The van der Waals surface area contributed by atoms with E-state index in [1.165, 1.54) is 12.1 Å².